The van der Waals surface area contributed by atoms with E-state index >= 15 is 0 Å². The van der Waals surface area contributed by atoms with E-state index in [0.717, 1.165) is 30.9 Å². The Labute approximate surface area is 139 Å². The zero-order valence-electron chi connectivity index (χ0n) is 12.4. The molecule has 0 aliphatic carbocycles. The molecule has 2 heterocycles. The number of hydrogen-bond acceptors (Lipinski definition) is 5. The lowest BCUT2D eigenvalue weighted by Crippen LogP contribution is -2.26. The third-order valence-corrected chi connectivity index (χ3v) is 4.33. The van der Waals surface area contributed by atoms with Crippen molar-refractivity contribution in [1.29, 1.82) is 0 Å². The van der Waals surface area contributed by atoms with Crippen LogP contribution >= 0.6 is 23.2 Å². The van der Waals surface area contributed by atoms with Crippen LogP contribution in [-0.4, -0.2) is 35.6 Å². The smallest absolute Gasteiger partial charge is 0.228 e. The standard InChI is InChI=1S/C15H16Cl2N4O/c1-21-4-3-9-6-13(22-2)12(5-10(9)8-21)19-15-18-7-11(16)14(17)20-15/h5-7H,3-4,8H2,1-2H3,(H,18,19,20). The molecule has 0 spiro atoms. The van der Waals surface area contributed by atoms with Crippen molar-refractivity contribution in [3.63, 3.8) is 0 Å². The van der Waals surface area contributed by atoms with Crippen LogP contribution in [0.15, 0.2) is 18.3 Å². The molecular formula is C15H16Cl2N4O. The van der Waals surface area contributed by atoms with E-state index in [9.17, 15) is 0 Å². The minimum absolute atomic E-state index is 0.218. The fraction of sp³-hybridized carbons (Fsp3) is 0.333. The molecule has 5 nitrogen and oxygen atoms in total. The van der Waals surface area contributed by atoms with E-state index in [-0.39, 0.29) is 5.15 Å². The molecule has 0 saturated heterocycles. The van der Waals surface area contributed by atoms with Crippen LogP contribution in [0.25, 0.3) is 0 Å². The van der Waals surface area contributed by atoms with E-state index in [1.54, 1.807) is 7.11 Å². The molecule has 1 aromatic heterocycles. The first-order valence-electron chi connectivity index (χ1n) is 6.90. The quantitative estimate of drug-likeness (QED) is 0.867. The number of anilines is 2. The van der Waals surface area contributed by atoms with E-state index in [4.69, 9.17) is 27.9 Å². The van der Waals surface area contributed by atoms with Gasteiger partial charge in [-0.05, 0) is 36.7 Å². The summed E-state index contributed by atoms with van der Waals surface area (Å²) in [6.45, 7) is 1.97. The molecule has 22 heavy (non-hydrogen) atoms. The highest BCUT2D eigenvalue weighted by molar-refractivity contribution is 6.41. The topological polar surface area (TPSA) is 50.3 Å². The molecule has 0 saturated carbocycles. The number of rotatable bonds is 3. The lowest BCUT2D eigenvalue weighted by molar-refractivity contribution is 0.312. The summed E-state index contributed by atoms with van der Waals surface area (Å²) in [5, 5.41) is 3.69. The normalized spacial score (nSPS) is 14.5. The summed E-state index contributed by atoms with van der Waals surface area (Å²) in [6, 6.07) is 4.15. The maximum atomic E-state index is 5.93. The molecule has 0 bridgehead atoms. The van der Waals surface area contributed by atoms with Crippen molar-refractivity contribution < 1.29 is 4.74 Å². The number of fused-ring (bicyclic) bond motifs is 1. The minimum Gasteiger partial charge on any atom is -0.495 e. The highest BCUT2D eigenvalue weighted by Crippen LogP contribution is 2.33. The number of benzene rings is 1. The SMILES string of the molecule is COc1cc2c(cc1Nc1ncc(Cl)c(Cl)n1)CN(C)CC2. The van der Waals surface area contributed by atoms with E-state index in [1.165, 1.54) is 17.3 Å². The van der Waals surface area contributed by atoms with Crippen LogP contribution in [0.2, 0.25) is 10.2 Å². The summed E-state index contributed by atoms with van der Waals surface area (Å²) >= 11 is 11.8. The van der Waals surface area contributed by atoms with Crippen LogP contribution in [0, 0.1) is 0 Å². The van der Waals surface area contributed by atoms with E-state index < -0.39 is 0 Å². The number of ether oxygens (including phenoxy) is 1. The van der Waals surface area contributed by atoms with Crippen LogP contribution in [-0.2, 0) is 13.0 Å². The zero-order valence-corrected chi connectivity index (χ0v) is 13.9. The first-order valence-corrected chi connectivity index (χ1v) is 7.66. The van der Waals surface area contributed by atoms with Gasteiger partial charge in [-0.3, -0.25) is 0 Å². The van der Waals surface area contributed by atoms with E-state index in [1.807, 2.05) is 0 Å². The highest BCUT2D eigenvalue weighted by atomic mass is 35.5. The molecule has 2 aromatic rings. The van der Waals surface area contributed by atoms with Crippen molar-refractivity contribution >= 4 is 34.8 Å². The second-order valence-electron chi connectivity index (χ2n) is 5.27. The van der Waals surface area contributed by atoms with Gasteiger partial charge < -0.3 is 15.0 Å². The second-order valence-corrected chi connectivity index (χ2v) is 6.03. The number of likely N-dealkylation sites (N-methyl/N-ethyl adjacent to an activating group) is 1. The van der Waals surface area contributed by atoms with Crippen LogP contribution < -0.4 is 10.1 Å². The largest absolute Gasteiger partial charge is 0.495 e. The van der Waals surface area contributed by atoms with Gasteiger partial charge in [0.05, 0.1) is 24.0 Å². The first-order chi connectivity index (χ1) is 10.6. The lowest BCUT2D eigenvalue weighted by atomic mass is 9.99. The summed E-state index contributed by atoms with van der Waals surface area (Å²) < 4.78 is 5.47. The zero-order chi connectivity index (χ0) is 15.7. The number of methoxy groups -OCH3 is 1. The van der Waals surface area contributed by atoms with Gasteiger partial charge in [-0.15, -0.1) is 0 Å². The summed E-state index contributed by atoms with van der Waals surface area (Å²) in [6.07, 6.45) is 2.49. The van der Waals surface area contributed by atoms with Gasteiger partial charge in [0.2, 0.25) is 5.95 Å². The Kier molecular flexibility index (Phi) is 4.38. The minimum atomic E-state index is 0.218. The molecule has 1 aromatic carbocycles. The number of nitrogens with one attached hydrogen (secondary N) is 1. The van der Waals surface area contributed by atoms with Crippen LogP contribution in [0.1, 0.15) is 11.1 Å². The third-order valence-electron chi connectivity index (χ3n) is 3.67. The molecule has 1 aliphatic heterocycles. The molecule has 0 amide bonds. The van der Waals surface area contributed by atoms with Gasteiger partial charge >= 0.3 is 0 Å². The third kappa shape index (κ3) is 3.11. The Balaban J connectivity index is 1.95. The highest BCUT2D eigenvalue weighted by Gasteiger charge is 2.17. The molecule has 7 heteroatoms. The van der Waals surface area contributed by atoms with E-state index in [2.05, 4.69) is 39.4 Å². The van der Waals surface area contributed by atoms with E-state index in [0.29, 0.717) is 11.0 Å². The van der Waals surface area contributed by atoms with Crippen molar-refractivity contribution in [3.8, 4) is 5.75 Å². The van der Waals surface area contributed by atoms with Gasteiger partial charge in [-0.1, -0.05) is 23.2 Å². The van der Waals surface area contributed by atoms with Gasteiger partial charge in [-0.2, -0.15) is 4.98 Å². The van der Waals surface area contributed by atoms with Crippen molar-refractivity contribution in [3.05, 3.63) is 39.6 Å². The van der Waals surface area contributed by atoms with Gasteiger partial charge in [0, 0.05) is 13.1 Å². The molecule has 0 atom stereocenters. The fourth-order valence-corrected chi connectivity index (χ4v) is 2.74. The van der Waals surface area contributed by atoms with Crippen LogP contribution in [0.4, 0.5) is 11.6 Å². The van der Waals surface area contributed by atoms with Crippen molar-refractivity contribution in [2.24, 2.45) is 0 Å². The summed E-state index contributed by atoms with van der Waals surface area (Å²) in [5.74, 6) is 1.15. The number of hydrogen-bond donors (Lipinski definition) is 1. The summed E-state index contributed by atoms with van der Waals surface area (Å²) in [7, 11) is 3.76. The van der Waals surface area contributed by atoms with Gasteiger partial charge in [0.15, 0.2) is 5.15 Å². The Morgan fingerprint density at radius 3 is 2.82 bits per heavy atom. The average molecular weight is 339 g/mol. The molecule has 116 valence electrons. The molecule has 1 aliphatic rings. The molecule has 0 unspecified atom stereocenters. The predicted octanol–water partition coefficient (Wildman–Crippen LogP) is 3.52. The maximum absolute atomic E-state index is 5.93. The number of nitrogens with zero attached hydrogens (tertiary/aromatic N) is 3. The summed E-state index contributed by atoms with van der Waals surface area (Å²) in [5.41, 5.74) is 3.41. The Morgan fingerprint density at radius 2 is 2.09 bits per heavy atom. The van der Waals surface area contributed by atoms with Gasteiger partial charge in [0.25, 0.3) is 0 Å². The van der Waals surface area contributed by atoms with Crippen molar-refractivity contribution in [1.82, 2.24) is 14.9 Å². The van der Waals surface area contributed by atoms with Crippen LogP contribution in [0.3, 0.4) is 0 Å². The maximum Gasteiger partial charge on any atom is 0.228 e. The molecule has 3 rings (SSSR count). The molecular weight excluding hydrogens is 323 g/mol. The Hall–Kier alpha value is -1.56. The Bertz CT molecular complexity index is 708. The Morgan fingerprint density at radius 1 is 1.27 bits per heavy atom. The van der Waals surface area contributed by atoms with Crippen molar-refractivity contribution in [2.75, 3.05) is 26.0 Å². The first kappa shape index (κ1) is 15.3. The lowest BCUT2D eigenvalue weighted by Gasteiger charge is -2.26. The second kappa shape index (κ2) is 6.28. The van der Waals surface area contributed by atoms with Crippen LogP contribution in [0.5, 0.6) is 5.75 Å². The predicted molar refractivity (Wildman–Crippen MR) is 88.4 cm³/mol. The molecule has 0 radical (unpaired) electrons. The fourth-order valence-electron chi connectivity index (χ4n) is 2.52. The number of aromatic nitrogens is 2. The molecule has 0 fully saturated rings. The van der Waals surface area contributed by atoms with Crippen molar-refractivity contribution in [2.45, 2.75) is 13.0 Å². The van der Waals surface area contributed by atoms with Gasteiger partial charge in [-0.25, -0.2) is 4.98 Å². The summed E-state index contributed by atoms with van der Waals surface area (Å²) in [4.78, 5) is 10.5. The van der Waals surface area contributed by atoms with Gasteiger partial charge in [0.1, 0.15) is 5.75 Å². The number of halogens is 2. The molecule has 1 N–H and O–H groups in total. The average Bonchev–Trinajstić information content (AvgIpc) is 2.50. The monoisotopic (exact) mass is 338 g/mol.